The highest BCUT2D eigenvalue weighted by Crippen LogP contribution is 2.37. The lowest BCUT2D eigenvalue weighted by Crippen LogP contribution is -2.13. The van der Waals surface area contributed by atoms with E-state index in [2.05, 4.69) is 12.3 Å². The number of carbonyl (C=O) groups is 1. The summed E-state index contributed by atoms with van der Waals surface area (Å²) in [5, 5.41) is 8.80. The fourth-order valence-electron chi connectivity index (χ4n) is 2.04. The predicted octanol–water partition coefficient (Wildman–Crippen LogP) is 2.70. The first kappa shape index (κ1) is 11.6. The van der Waals surface area contributed by atoms with Crippen LogP contribution in [-0.4, -0.2) is 17.2 Å². The van der Waals surface area contributed by atoms with Crippen molar-refractivity contribution in [3.8, 4) is 0 Å². The molecule has 17 heavy (non-hydrogen) atoms. The van der Waals surface area contributed by atoms with Crippen LogP contribution in [0.2, 0.25) is 0 Å². The highest BCUT2D eigenvalue weighted by Gasteiger charge is 2.32. The minimum Gasteiger partial charge on any atom is -0.481 e. The number of carboxylic acid groups (broad SMARTS) is 1. The lowest BCUT2D eigenvalue weighted by molar-refractivity contribution is -0.139. The molecule has 0 bridgehead atoms. The van der Waals surface area contributed by atoms with Gasteiger partial charge in [0.05, 0.1) is 18.6 Å². The van der Waals surface area contributed by atoms with Crippen molar-refractivity contribution >= 4 is 5.97 Å². The van der Waals surface area contributed by atoms with Crippen molar-refractivity contribution in [2.24, 2.45) is 0 Å². The van der Waals surface area contributed by atoms with Gasteiger partial charge < -0.3 is 9.84 Å². The molecule has 88 valence electrons. The number of carboxylic acids is 1. The Bertz CT molecular complexity index is 458. The average molecular weight is 230 g/mol. The Morgan fingerprint density at radius 1 is 1.47 bits per heavy atom. The van der Waals surface area contributed by atoms with Gasteiger partial charge in [0.2, 0.25) is 0 Å². The molecule has 2 atom stereocenters. The molecule has 1 N–H and O–H groups in total. The standard InChI is InChI=1S/C14H14O3/c1-2-10-8-12(11-6-4-3-5-7-11)17-13(10)9-14(15)16/h3-7,12-13H,1,8-9H2,(H,15,16)/t12-,13-/m0/s1. The van der Waals surface area contributed by atoms with Gasteiger partial charge in [-0.05, 0) is 5.56 Å². The lowest BCUT2D eigenvalue weighted by atomic mass is 10.0. The van der Waals surface area contributed by atoms with Crippen molar-refractivity contribution in [1.82, 2.24) is 0 Å². The molecule has 0 spiro atoms. The molecule has 0 unspecified atom stereocenters. The molecule has 3 heteroatoms. The van der Waals surface area contributed by atoms with Crippen LogP contribution in [0.4, 0.5) is 0 Å². The highest BCUT2D eigenvalue weighted by molar-refractivity contribution is 5.68. The van der Waals surface area contributed by atoms with Crippen LogP contribution in [-0.2, 0) is 9.53 Å². The van der Waals surface area contributed by atoms with E-state index in [9.17, 15) is 4.79 Å². The van der Waals surface area contributed by atoms with Crippen molar-refractivity contribution < 1.29 is 14.6 Å². The Morgan fingerprint density at radius 3 is 2.76 bits per heavy atom. The Kier molecular flexibility index (Phi) is 3.43. The van der Waals surface area contributed by atoms with E-state index < -0.39 is 12.1 Å². The number of benzene rings is 1. The summed E-state index contributed by atoms with van der Waals surface area (Å²) in [6.45, 7) is 3.59. The summed E-state index contributed by atoms with van der Waals surface area (Å²) in [5.74, 6) is -0.864. The van der Waals surface area contributed by atoms with Gasteiger partial charge in [-0.1, -0.05) is 36.9 Å². The van der Waals surface area contributed by atoms with Gasteiger partial charge in [0.25, 0.3) is 0 Å². The van der Waals surface area contributed by atoms with Crippen LogP contribution >= 0.6 is 0 Å². The van der Waals surface area contributed by atoms with Crippen LogP contribution in [0.15, 0.2) is 48.2 Å². The van der Waals surface area contributed by atoms with E-state index in [1.165, 1.54) is 0 Å². The number of hydrogen-bond donors (Lipinski definition) is 1. The molecule has 0 radical (unpaired) electrons. The molecule has 0 aromatic heterocycles. The van der Waals surface area contributed by atoms with Gasteiger partial charge in [0.15, 0.2) is 0 Å². The van der Waals surface area contributed by atoms with Crippen molar-refractivity contribution in [2.75, 3.05) is 0 Å². The van der Waals surface area contributed by atoms with Crippen LogP contribution in [0.1, 0.15) is 24.5 Å². The van der Waals surface area contributed by atoms with E-state index in [4.69, 9.17) is 9.84 Å². The summed E-state index contributed by atoms with van der Waals surface area (Å²) < 4.78 is 5.74. The summed E-state index contributed by atoms with van der Waals surface area (Å²) in [4.78, 5) is 10.7. The van der Waals surface area contributed by atoms with Crippen molar-refractivity contribution in [3.63, 3.8) is 0 Å². The zero-order chi connectivity index (χ0) is 12.3. The third kappa shape index (κ3) is 2.64. The molecule has 0 aliphatic carbocycles. The minimum absolute atomic E-state index is 0.0266. The van der Waals surface area contributed by atoms with Gasteiger partial charge in [-0.15, -0.1) is 5.73 Å². The monoisotopic (exact) mass is 230 g/mol. The van der Waals surface area contributed by atoms with E-state index in [-0.39, 0.29) is 12.5 Å². The van der Waals surface area contributed by atoms with Crippen molar-refractivity contribution in [1.29, 1.82) is 0 Å². The normalized spacial score (nSPS) is 23.4. The molecule has 1 fully saturated rings. The number of hydrogen-bond acceptors (Lipinski definition) is 2. The molecular formula is C14H14O3. The molecule has 3 nitrogen and oxygen atoms in total. The third-order valence-electron chi connectivity index (χ3n) is 2.88. The molecule has 1 saturated heterocycles. The van der Waals surface area contributed by atoms with E-state index >= 15 is 0 Å². The Labute approximate surface area is 100 Å². The first-order valence-corrected chi connectivity index (χ1v) is 5.51. The number of aliphatic carboxylic acids is 1. The largest absolute Gasteiger partial charge is 0.481 e. The van der Waals surface area contributed by atoms with Gasteiger partial charge in [0, 0.05) is 12.0 Å². The minimum atomic E-state index is -0.864. The van der Waals surface area contributed by atoms with E-state index in [0.29, 0.717) is 6.42 Å². The quantitative estimate of drug-likeness (QED) is 0.812. The predicted molar refractivity (Wildman–Crippen MR) is 63.6 cm³/mol. The summed E-state index contributed by atoms with van der Waals surface area (Å²) in [7, 11) is 0. The van der Waals surface area contributed by atoms with E-state index in [0.717, 1.165) is 11.1 Å². The van der Waals surface area contributed by atoms with Gasteiger partial charge in [-0.25, -0.2) is 0 Å². The molecule has 2 rings (SSSR count). The van der Waals surface area contributed by atoms with Gasteiger partial charge in [-0.2, -0.15) is 0 Å². The fourth-order valence-corrected chi connectivity index (χ4v) is 2.04. The maximum Gasteiger partial charge on any atom is 0.306 e. The van der Waals surface area contributed by atoms with E-state index in [1.807, 2.05) is 30.3 Å². The van der Waals surface area contributed by atoms with Crippen LogP contribution in [0.25, 0.3) is 0 Å². The molecule has 0 amide bonds. The first-order chi connectivity index (χ1) is 8.20. The van der Waals surface area contributed by atoms with Gasteiger partial charge in [-0.3, -0.25) is 4.79 Å². The second-order valence-corrected chi connectivity index (χ2v) is 4.03. The molecule has 1 aliphatic heterocycles. The van der Waals surface area contributed by atoms with E-state index in [1.54, 1.807) is 0 Å². The zero-order valence-corrected chi connectivity index (χ0v) is 9.43. The molecule has 0 saturated carbocycles. The Hall–Kier alpha value is -1.83. The second-order valence-electron chi connectivity index (χ2n) is 4.03. The molecule has 1 aromatic rings. The maximum atomic E-state index is 10.7. The molecular weight excluding hydrogens is 216 g/mol. The second kappa shape index (κ2) is 5.00. The first-order valence-electron chi connectivity index (χ1n) is 5.51. The average Bonchev–Trinajstić information content (AvgIpc) is 2.72. The fraction of sp³-hybridized carbons (Fsp3) is 0.286. The lowest BCUT2D eigenvalue weighted by Gasteiger charge is -2.11. The smallest absolute Gasteiger partial charge is 0.306 e. The van der Waals surface area contributed by atoms with Gasteiger partial charge in [0.1, 0.15) is 0 Å². The summed E-state index contributed by atoms with van der Waals surface area (Å²) in [5.41, 5.74) is 4.71. The molecule has 1 heterocycles. The van der Waals surface area contributed by atoms with Gasteiger partial charge >= 0.3 is 5.97 Å². The van der Waals surface area contributed by atoms with Crippen LogP contribution in [0.5, 0.6) is 0 Å². The van der Waals surface area contributed by atoms with Crippen LogP contribution in [0, 0.1) is 0 Å². The Morgan fingerprint density at radius 2 is 2.18 bits per heavy atom. The molecule has 1 aliphatic rings. The molecule has 1 aromatic carbocycles. The summed E-state index contributed by atoms with van der Waals surface area (Å²) >= 11 is 0. The highest BCUT2D eigenvalue weighted by atomic mass is 16.5. The van der Waals surface area contributed by atoms with Crippen LogP contribution < -0.4 is 0 Å². The SMILES string of the molecule is C=C=C1C[C@@H](c2ccccc2)O[C@H]1CC(=O)O. The topological polar surface area (TPSA) is 46.5 Å². The summed E-state index contributed by atoms with van der Waals surface area (Å²) in [6.07, 6.45) is 0.173. The zero-order valence-electron chi connectivity index (χ0n) is 9.43. The maximum absolute atomic E-state index is 10.7. The number of ether oxygens (including phenoxy) is 1. The third-order valence-corrected chi connectivity index (χ3v) is 2.88. The van der Waals surface area contributed by atoms with Crippen molar-refractivity contribution in [2.45, 2.75) is 25.0 Å². The van der Waals surface area contributed by atoms with Crippen LogP contribution in [0.3, 0.4) is 0 Å². The summed E-state index contributed by atoms with van der Waals surface area (Å²) in [6, 6.07) is 9.79. The van der Waals surface area contributed by atoms with Crippen molar-refractivity contribution in [3.05, 3.63) is 53.8 Å². The Balaban J connectivity index is 2.15. The number of rotatable bonds is 3.